The molecule has 132 valence electrons. The summed E-state index contributed by atoms with van der Waals surface area (Å²) < 4.78 is 5.44. The van der Waals surface area contributed by atoms with Crippen LogP contribution in [0.1, 0.15) is 31.7 Å². The summed E-state index contributed by atoms with van der Waals surface area (Å²) in [7, 11) is 0. The van der Waals surface area contributed by atoms with Gasteiger partial charge in [-0.1, -0.05) is 24.3 Å². The molecule has 0 radical (unpaired) electrons. The lowest BCUT2D eigenvalue weighted by Gasteiger charge is -2.30. The molecule has 0 saturated carbocycles. The monoisotopic (exact) mass is 338 g/mol. The topological polar surface area (TPSA) is 41.6 Å². The number of para-hydroxylation sites is 2. The molecule has 1 aliphatic heterocycles. The van der Waals surface area contributed by atoms with Crippen molar-refractivity contribution in [2.45, 2.75) is 32.6 Å². The fourth-order valence-corrected chi connectivity index (χ4v) is 3.24. The van der Waals surface area contributed by atoms with Crippen molar-refractivity contribution in [3.05, 3.63) is 54.1 Å². The number of benzene rings is 2. The highest BCUT2D eigenvalue weighted by Crippen LogP contribution is 2.28. The van der Waals surface area contributed by atoms with Crippen LogP contribution in [-0.4, -0.2) is 25.6 Å². The van der Waals surface area contributed by atoms with E-state index < -0.39 is 0 Å². The van der Waals surface area contributed by atoms with Crippen molar-refractivity contribution in [2.75, 3.05) is 29.9 Å². The van der Waals surface area contributed by atoms with E-state index in [1.807, 2.05) is 49.4 Å². The average Bonchev–Trinajstić information content (AvgIpc) is 2.65. The molecule has 2 aromatic rings. The Morgan fingerprint density at radius 1 is 1.04 bits per heavy atom. The standard InChI is InChI=1S/C21H26N2O2/c1-2-25-18-12-10-17(11-13-18)16-21(24)22-19-8-4-5-9-20(19)23-14-6-3-7-15-23/h4-5,8-13H,2-3,6-7,14-16H2,1H3,(H,22,24). The van der Waals surface area contributed by atoms with Gasteiger partial charge in [-0.15, -0.1) is 0 Å². The summed E-state index contributed by atoms with van der Waals surface area (Å²) in [4.78, 5) is 14.8. The van der Waals surface area contributed by atoms with Crippen molar-refractivity contribution < 1.29 is 9.53 Å². The van der Waals surface area contributed by atoms with Gasteiger partial charge in [0.25, 0.3) is 0 Å². The first-order chi connectivity index (χ1) is 12.3. The van der Waals surface area contributed by atoms with E-state index in [4.69, 9.17) is 4.74 Å². The van der Waals surface area contributed by atoms with Crippen molar-refractivity contribution in [1.82, 2.24) is 0 Å². The van der Waals surface area contributed by atoms with Crippen LogP contribution in [0.5, 0.6) is 5.75 Å². The number of ether oxygens (including phenoxy) is 1. The van der Waals surface area contributed by atoms with Crippen LogP contribution >= 0.6 is 0 Å². The molecule has 3 rings (SSSR count). The number of carbonyl (C=O) groups excluding carboxylic acids is 1. The molecule has 4 nitrogen and oxygen atoms in total. The summed E-state index contributed by atoms with van der Waals surface area (Å²) in [6.07, 6.45) is 4.09. The summed E-state index contributed by atoms with van der Waals surface area (Å²) >= 11 is 0. The highest BCUT2D eigenvalue weighted by Gasteiger charge is 2.15. The Kier molecular flexibility index (Phi) is 5.94. The molecule has 1 fully saturated rings. The Bertz CT molecular complexity index is 691. The summed E-state index contributed by atoms with van der Waals surface area (Å²) in [5.41, 5.74) is 3.01. The van der Waals surface area contributed by atoms with Gasteiger partial charge in [0.1, 0.15) is 5.75 Å². The van der Waals surface area contributed by atoms with Crippen molar-refractivity contribution in [3.8, 4) is 5.75 Å². The molecule has 0 unspecified atom stereocenters. The van der Waals surface area contributed by atoms with E-state index in [1.54, 1.807) is 0 Å². The first-order valence-electron chi connectivity index (χ1n) is 9.12. The highest BCUT2D eigenvalue weighted by molar-refractivity contribution is 5.95. The lowest BCUT2D eigenvalue weighted by Crippen LogP contribution is -2.30. The Balaban J connectivity index is 1.64. The second-order valence-corrected chi connectivity index (χ2v) is 6.37. The van der Waals surface area contributed by atoms with Gasteiger partial charge in [-0.2, -0.15) is 0 Å². The van der Waals surface area contributed by atoms with Gasteiger partial charge < -0.3 is 15.0 Å². The van der Waals surface area contributed by atoms with E-state index in [0.717, 1.165) is 35.8 Å². The van der Waals surface area contributed by atoms with Gasteiger partial charge in [0.2, 0.25) is 5.91 Å². The van der Waals surface area contributed by atoms with Gasteiger partial charge in [0.05, 0.1) is 24.4 Å². The summed E-state index contributed by atoms with van der Waals surface area (Å²) in [5.74, 6) is 0.843. The molecule has 0 aliphatic carbocycles. The van der Waals surface area contributed by atoms with E-state index in [0.29, 0.717) is 13.0 Å². The molecular weight excluding hydrogens is 312 g/mol. The Labute approximate surface area is 149 Å². The first kappa shape index (κ1) is 17.3. The van der Waals surface area contributed by atoms with Crippen LogP contribution < -0.4 is 15.0 Å². The lowest BCUT2D eigenvalue weighted by molar-refractivity contribution is -0.115. The van der Waals surface area contributed by atoms with Crippen LogP contribution in [0.2, 0.25) is 0 Å². The molecule has 0 atom stereocenters. The van der Waals surface area contributed by atoms with Gasteiger partial charge in [0, 0.05) is 13.1 Å². The van der Waals surface area contributed by atoms with E-state index >= 15 is 0 Å². The number of anilines is 2. The van der Waals surface area contributed by atoms with Crippen molar-refractivity contribution >= 4 is 17.3 Å². The minimum absolute atomic E-state index is 0.00798. The third-order valence-electron chi connectivity index (χ3n) is 4.47. The maximum Gasteiger partial charge on any atom is 0.228 e. The van der Waals surface area contributed by atoms with Crippen molar-refractivity contribution in [3.63, 3.8) is 0 Å². The smallest absolute Gasteiger partial charge is 0.228 e. The third-order valence-corrected chi connectivity index (χ3v) is 4.47. The number of carbonyl (C=O) groups is 1. The number of nitrogens with zero attached hydrogens (tertiary/aromatic N) is 1. The number of rotatable bonds is 6. The van der Waals surface area contributed by atoms with Crippen LogP contribution in [0.3, 0.4) is 0 Å². The molecule has 25 heavy (non-hydrogen) atoms. The largest absolute Gasteiger partial charge is 0.494 e. The predicted octanol–water partition coefficient (Wildman–Crippen LogP) is 4.26. The number of piperidine rings is 1. The third kappa shape index (κ3) is 4.75. The van der Waals surface area contributed by atoms with Gasteiger partial charge in [-0.3, -0.25) is 4.79 Å². The fourth-order valence-electron chi connectivity index (χ4n) is 3.24. The van der Waals surface area contributed by atoms with Crippen LogP contribution in [0.4, 0.5) is 11.4 Å². The SMILES string of the molecule is CCOc1ccc(CC(=O)Nc2ccccc2N2CCCCC2)cc1. The average molecular weight is 338 g/mol. The number of amides is 1. The maximum absolute atomic E-state index is 12.5. The molecule has 0 aromatic heterocycles. The molecule has 4 heteroatoms. The van der Waals surface area contributed by atoms with Crippen LogP contribution in [0.25, 0.3) is 0 Å². The van der Waals surface area contributed by atoms with Crippen molar-refractivity contribution in [2.24, 2.45) is 0 Å². The summed E-state index contributed by atoms with van der Waals surface area (Å²) in [6, 6.07) is 15.8. The van der Waals surface area contributed by atoms with Crippen LogP contribution in [0.15, 0.2) is 48.5 Å². The summed E-state index contributed by atoms with van der Waals surface area (Å²) in [6.45, 7) is 4.73. The Morgan fingerprint density at radius 2 is 1.76 bits per heavy atom. The molecule has 0 bridgehead atoms. The maximum atomic E-state index is 12.5. The minimum Gasteiger partial charge on any atom is -0.494 e. The van der Waals surface area contributed by atoms with E-state index in [9.17, 15) is 4.79 Å². The van der Waals surface area contributed by atoms with Crippen molar-refractivity contribution in [1.29, 1.82) is 0 Å². The van der Waals surface area contributed by atoms with Crippen LogP contribution in [-0.2, 0) is 11.2 Å². The zero-order chi connectivity index (χ0) is 17.5. The number of nitrogens with one attached hydrogen (secondary N) is 1. The van der Waals surface area contributed by atoms with Gasteiger partial charge in [-0.05, 0) is 56.0 Å². The molecule has 2 aromatic carbocycles. The van der Waals surface area contributed by atoms with Crippen LogP contribution in [0, 0.1) is 0 Å². The Morgan fingerprint density at radius 3 is 2.48 bits per heavy atom. The number of hydrogen-bond donors (Lipinski definition) is 1. The molecule has 1 amide bonds. The molecule has 1 saturated heterocycles. The molecule has 1 heterocycles. The predicted molar refractivity (Wildman–Crippen MR) is 102 cm³/mol. The van der Waals surface area contributed by atoms with E-state index in [1.165, 1.54) is 19.3 Å². The van der Waals surface area contributed by atoms with E-state index in [2.05, 4.69) is 16.3 Å². The molecule has 0 spiro atoms. The van der Waals surface area contributed by atoms with E-state index in [-0.39, 0.29) is 5.91 Å². The molecular formula is C21H26N2O2. The second kappa shape index (κ2) is 8.56. The lowest BCUT2D eigenvalue weighted by atomic mass is 10.1. The van der Waals surface area contributed by atoms with Gasteiger partial charge >= 0.3 is 0 Å². The zero-order valence-electron chi connectivity index (χ0n) is 14.8. The number of hydrogen-bond acceptors (Lipinski definition) is 3. The second-order valence-electron chi connectivity index (χ2n) is 6.37. The van der Waals surface area contributed by atoms with Gasteiger partial charge in [-0.25, -0.2) is 0 Å². The summed E-state index contributed by atoms with van der Waals surface area (Å²) in [5, 5.41) is 3.08. The molecule has 1 aliphatic rings. The quantitative estimate of drug-likeness (QED) is 0.856. The zero-order valence-corrected chi connectivity index (χ0v) is 14.8. The molecule has 1 N–H and O–H groups in total. The highest BCUT2D eigenvalue weighted by atomic mass is 16.5. The Hall–Kier alpha value is -2.49. The minimum atomic E-state index is 0.00798. The first-order valence-corrected chi connectivity index (χ1v) is 9.12. The normalized spacial score (nSPS) is 14.2. The fraction of sp³-hybridized carbons (Fsp3) is 0.381. The van der Waals surface area contributed by atoms with Gasteiger partial charge in [0.15, 0.2) is 0 Å².